The average Bonchev–Trinajstić information content (AvgIpc) is 2.89. The standard InChI is InChI=1S/C12H15N5/c1-2-9(13-5-1)8-16-11-4-3-10-12(17-11)15-7-6-14-10/h3-4,6-7,9,13H,1-2,5,8H2,(H,15,16,17). The second kappa shape index (κ2) is 4.63. The minimum atomic E-state index is 0.564. The molecule has 3 rings (SSSR count). The number of nitrogens with one attached hydrogen (secondary N) is 2. The lowest BCUT2D eigenvalue weighted by molar-refractivity contribution is 0.632. The number of anilines is 1. The van der Waals surface area contributed by atoms with E-state index in [1.54, 1.807) is 12.4 Å². The molecule has 0 aromatic carbocycles. The zero-order chi connectivity index (χ0) is 11.5. The van der Waals surface area contributed by atoms with E-state index in [9.17, 15) is 0 Å². The van der Waals surface area contributed by atoms with Gasteiger partial charge in [0.25, 0.3) is 0 Å². The maximum absolute atomic E-state index is 4.42. The topological polar surface area (TPSA) is 62.7 Å². The summed E-state index contributed by atoms with van der Waals surface area (Å²) < 4.78 is 0. The van der Waals surface area contributed by atoms with Crippen LogP contribution in [0.2, 0.25) is 0 Å². The van der Waals surface area contributed by atoms with E-state index >= 15 is 0 Å². The monoisotopic (exact) mass is 229 g/mol. The van der Waals surface area contributed by atoms with Crippen molar-refractivity contribution in [2.75, 3.05) is 18.4 Å². The van der Waals surface area contributed by atoms with Gasteiger partial charge in [-0.25, -0.2) is 9.97 Å². The molecule has 5 nitrogen and oxygen atoms in total. The number of pyridine rings is 1. The highest BCUT2D eigenvalue weighted by Crippen LogP contribution is 2.11. The van der Waals surface area contributed by atoms with E-state index in [0.29, 0.717) is 11.7 Å². The fraction of sp³-hybridized carbons (Fsp3) is 0.417. The maximum atomic E-state index is 4.42. The highest BCUT2D eigenvalue weighted by atomic mass is 15.1. The molecular formula is C12H15N5. The summed E-state index contributed by atoms with van der Waals surface area (Å²) in [7, 11) is 0. The van der Waals surface area contributed by atoms with Gasteiger partial charge in [-0.2, -0.15) is 0 Å². The summed E-state index contributed by atoms with van der Waals surface area (Å²) in [5.74, 6) is 0.867. The zero-order valence-corrected chi connectivity index (χ0v) is 9.56. The van der Waals surface area contributed by atoms with Gasteiger partial charge in [0.05, 0.1) is 0 Å². The molecule has 0 spiro atoms. The number of rotatable bonds is 3. The highest BCUT2D eigenvalue weighted by Gasteiger charge is 2.13. The molecule has 2 aromatic rings. The third-order valence-electron chi connectivity index (χ3n) is 3.02. The normalized spacial score (nSPS) is 19.6. The molecule has 0 aliphatic carbocycles. The van der Waals surface area contributed by atoms with E-state index in [0.717, 1.165) is 24.4 Å². The number of nitrogens with zero attached hydrogens (tertiary/aromatic N) is 3. The first-order chi connectivity index (χ1) is 8.42. The van der Waals surface area contributed by atoms with Crippen LogP contribution in [0, 0.1) is 0 Å². The molecule has 1 atom stereocenters. The first-order valence-electron chi connectivity index (χ1n) is 5.97. The van der Waals surface area contributed by atoms with Crippen molar-refractivity contribution >= 4 is 17.0 Å². The Bertz CT molecular complexity index is 507. The zero-order valence-electron chi connectivity index (χ0n) is 9.56. The molecule has 0 bridgehead atoms. The minimum Gasteiger partial charge on any atom is -0.368 e. The second-order valence-electron chi connectivity index (χ2n) is 4.27. The third-order valence-corrected chi connectivity index (χ3v) is 3.02. The largest absolute Gasteiger partial charge is 0.368 e. The molecule has 2 aromatic heterocycles. The van der Waals surface area contributed by atoms with E-state index in [1.165, 1.54) is 12.8 Å². The predicted octanol–water partition coefficient (Wildman–Crippen LogP) is 1.19. The Hall–Kier alpha value is -1.75. The summed E-state index contributed by atoms with van der Waals surface area (Å²) >= 11 is 0. The molecule has 2 N–H and O–H groups in total. The van der Waals surface area contributed by atoms with Crippen LogP contribution in [0.15, 0.2) is 24.5 Å². The lowest BCUT2D eigenvalue weighted by Crippen LogP contribution is -2.29. The Kier molecular flexibility index (Phi) is 2.83. The highest BCUT2D eigenvalue weighted by molar-refractivity contribution is 5.71. The van der Waals surface area contributed by atoms with Crippen LogP contribution in [0.1, 0.15) is 12.8 Å². The van der Waals surface area contributed by atoms with E-state index in [4.69, 9.17) is 0 Å². The van der Waals surface area contributed by atoms with Gasteiger partial charge >= 0.3 is 0 Å². The SMILES string of the molecule is c1cnc2nc(NCC3CCCN3)ccc2n1. The van der Waals surface area contributed by atoms with Gasteiger partial charge in [0.1, 0.15) is 11.3 Å². The fourth-order valence-electron chi connectivity index (χ4n) is 2.11. The number of hydrogen-bond donors (Lipinski definition) is 2. The van der Waals surface area contributed by atoms with Crippen molar-refractivity contribution < 1.29 is 0 Å². The van der Waals surface area contributed by atoms with Gasteiger partial charge in [-0.1, -0.05) is 0 Å². The van der Waals surface area contributed by atoms with Crippen LogP contribution in [0.5, 0.6) is 0 Å². The Balaban J connectivity index is 1.72. The quantitative estimate of drug-likeness (QED) is 0.827. The summed E-state index contributed by atoms with van der Waals surface area (Å²) in [5.41, 5.74) is 1.52. The number of fused-ring (bicyclic) bond motifs is 1. The van der Waals surface area contributed by atoms with Gasteiger partial charge in [-0.05, 0) is 31.5 Å². The first-order valence-corrected chi connectivity index (χ1v) is 5.97. The van der Waals surface area contributed by atoms with Gasteiger partial charge in [0.2, 0.25) is 0 Å². The molecule has 1 unspecified atom stereocenters. The molecule has 0 amide bonds. The molecule has 1 saturated heterocycles. The van der Waals surface area contributed by atoms with Gasteiger partial charge < -0.3 is 10.6 Å². The smallest absolute Gasteiger partial charge is 0.180 e. The van der Waals surface area contributed by atoms with Gasteiger partial charge in [0, 0.05) is 25.0 Å². The van der Waals surface area contributed by atoms with Crippen LogP contribution >= 0.6 is 0 Å². The molecule has 1 aliphatic heterocycles. The molecule has 88 valence electrons. The van der Waals surface area contributed by atoms with Crippen molar-refractivity contribution in [3.8, 4) is 0 Å². The molecule has 5 heteroatoms. The minimum absolute atomic E-state index is 0.564. The molecule has 17 heavy (non-hydrogen) atoms. The van der Waals surface area contributed by atoms with Crippen molar-refractivity contribution in [1.82, 2.24) is 20.3 Å². The van der Waals surface area contributed by atoms with Crippen molar-refractivity contribution in [3.05, 3.63) is 24.5 Å². The second-order valence-corrected chi connectivity index (χ2v) is 4.27. The molecule has 1 aliphatic rings. The van der Waals surface area contributed by atoms with Crippen molar-refractivity contribution in [3.63, 3.8) is 0 Å². The van der Waals surface area contributed by atoms with E-state index in [2.05, 4.69) is 25.6 Å². The van der Waals surface area contributed by atoms with E-state index in [-0.39, 0.29) is 0 Å². The number of aromatic nitrogens is 3. The first kappa shape index (κ1) is 10.4. The molecule has 3 heterocycles. The van der Waals surface area contributed by atoms with Crippen LogP contribution in [-0.4, -0.2) is 34.1 Å². The summed E-state index contributed by atoms with van der Waals surface area (Å²) in [5, 5.41) is 6.78. The Morgan fingerprint density at radius 3 is 3.12 bits per heavy atom. The fourth-order valence-corrected chi connectivity index (χ4v) is 2.11. The van der Waals surface area contributed by atoms with E-state index in [1.807, 2.05) is 12.1 Å². The molecule has 0 saturated carbocycles. The summed E-state index contributed by atoms with van der Waals surface area (Å²) in [4.78, 5) is 12.8. The van der Waals surface area contributed by atoms with E-state index < -0.39 is 0 Å². The summed E-state index contributed by atoms with van der Waals surface area (Å²) in [6.07, 6.45) is 5.85. The van der Waals surface area contributed by atoms with Crippen molar-refractivity contribution in [2.24, 2.45) is 0 Å². The van der Waals surface area contributed by atoms with Crippen molar-refractivity contribution in [2.45, 2.75) is 18.9 Å². The van der Waals surface area contributed by atoms with Crippen LogP contribution in [-0.2, 0) is 0 Å². The van der Waals surface area contributed by atoms with Gasteiger partial charge in [0.15, 0.2) is 5.65 Å². The molecular weight excluding hydrogens is 214 g/mol. The lowest BCUT2D eigenvalue weighted by Gasteiger charge is -2.11. The Morgan fingerprint density at radius 1 is 1.29 bits per heavy atom. The van der Waals surface area contributed by atoms with Crippen LogP contribution in [0.4, 0.5) is 5.82 Å². The predicted molar refractivity (Wildman–Crippen MR) is 66.8 cm³/mol. The summed E-state index contributed by atoms with van der Waals surface area (Å²) in [6, 6.07) is 4.46. The van der Waals surface area contributed by atoms with Crippen LogP contribution < -0.4 is 10.6 Å². The van der Waals surface area contributed by atoms with Gasteiger partial charge in [-0.3, -0.25) is 4.98 Å². The Morgan fingerprint density at radius 2 is 2.24 bits per heavy atom. The van der Waals surface area contributed by atoms with Crippen LogP contribution in [0.25, 0.3) is 11.2 Å². The van der Waals surface area contributed by atoms with Crippen LogP contribution in [0.3, 0.4) is 0 Å². The van der Waals surface area contributed by atoms with Gasteiger partial charge in [-0.15, -0.1) is 0 Å². The molecule has 1 fully saturated rings. The molecule has 0 radical (unpaired) electrons. The number of hydrogen-bond acceptors (Lipinski definition) is 5. The average molecular weight is 229 g/mol. The third kappa shape index (κ3) is 2.34. The Labute approximate surface area is 99.7 Å². The van der Waals surface area contributed by atoms with Crippen molar-refractivity contribution in [1.29, 1.82) is 0 Å². The summed E-state index contributed by atoms with van der Waals surface area (Å²) in [6.45, 7) is 2.04. The lowest BCUT2D eigenvalue weighted by atomic mass is 10.2. The maximum Gasteiger partial charge on any atom is 0.180 e.